The lowest BCUT2D eigenvalue weighted by molar-refractivity contribution is 0.427. The van der Waals surface area contributed by atoms with Crippen LogP contribution in [0.4, 0.5) is 0 Å². The second-order valence-corrected chi connectivity index (χ2v) is 15.9. The fourth-order valence-electron chi connectivity index (χ4n) is 7.66. The molecule has 0 aliphatic heterocycles. The van der Waals surface area contributed by atoms with E-state index >= 15 is 0 Å². The van der Waals surface area contributed by atoms with Gasteiger partial charge in [0.1, 0.15) is 0 Å². The summed E-state index contributed by atoms with van der Waals surface area (Å²) >= 11 is 0. The average molecular weight is 660 g/mol. The molecular formula is C46H93N. The Labute approximate surface area is 300 Å². The van der Waals surface area contributed by atoms with Gasteiger partial charge in [0.2, 0.25) is 0 Å². The Kier molecular flexibility index (Phi) is 39.9. The quantitative estimate of drug-likeness (QED) is 0.0513. The molecule has 1 unspecified atom stereocenters. The van der Waals surface area contributed by atoms with Gasteiger partial charge in [-0.15, -0.1) is 0 Å². The summed E-state index contributed by atoms with van der Waals surface area (Å²) in [5.41, 5.74) is 7.81. The van der Waals surface area contributed by atoms with E-state index in [1.807, 2.05) is 0 Å². The van der Waals surface area contributed by atoms with Crippen LogP contribution in [0.15, 0.2) is 12.2 Å². The van der Waals surface area contributed by atoms with Crippen LogP contribution in [-0.2, 0) is 0 Å². The van der Waals surface area contributed by atoms with Gasteiger partial charge in [-0.2, -0.15) is 0 Å². The minimum atomic E-state index is 0.200. The molecule has 2 N–H and O–H groups in total. The molecule has 1 heteroatoms. The molecule has 282 valence electrons. The van der Waals surface area contributed by atoms with Gasteiger partial charge in [-0.3, -0.25) is 0 Å². The Morgan fingerprint density at radius 3 is 0.723 bits per heavy atom. The maximum absolute atomic E-state index is 6.46. The third-order valence-corrected chi connectivity index (χ3v) is 11.3. The van der Waals surface area contributed by atoms with E-state index < -0.39 is 0 Å². The van der Waals surface area contributed by atoms with Crippen LogP contribution in [0.25, 0.3) is 0 Å². The van der Waals surface area contributed by atoms with Gasteiger partial charge in [-0.05, 0) is 25.2 Å². The maximum atomic E-state index is 6.46. The maximum Gasteiger partial charge on any atom is 0.0251 e. The van der Waals surface area contributed by atoms with Crippen LogP contribution in [0.1, 0.15) is 271 Å². The molecule has 0 spiro atoms. The lowest BCUT2D eigenvalue weighted by Gasteiger charge is -2.24. The zero-order chi connectivity index (χ0) is 34.3. The highest BCUT2D eigenvalue weighted by Crippen LogP contribution is 2.27. The second kappa shape index (κ2) is 40.1. The monoisotopic (exact) mass is 660 g/mol. The van der Waals surface area contributed by atoms with Gasteiger partial charge in [-0.1, -0.05) is 264 Å². The molecule has 0 saturated heterocycles. The van der Waals surface area contributed by atoms with Crippen molar-refractivity contribution in [2.75, 3.05) is 0 Å². The topological polar surface area (TPSA) is 26.0 Å². The smallest absolute Gasteiger partial charge is 0.0251 e. The van der Waals surface area contributed by atoms with E-state index in [4.69, 9.17) is 5.73 Å². The van der Waals surface area contributed by atoms with E-state index in [2.05, 4.69) is 27.4 Å². The molecular weight excluding hydrogens is 567 g/mol. The lowest BCUT2D eigenvalue weighted by atomic mass is 9.84. The summed E-state index contributed by atoms with van der Waals surface area (Å²) in [7, 11) is 0. The van der Waals surface area contributed by atoms with E-state index in [-0.39, 0.29) is 6.04 Å². The van der Waals surface area contributed by atoms with Crippen LogP contribution in [0.5, 0.6) is 0 Å². The van der Waals surface area contributed by atoms with Crippen LogP contribution in [0.2, 0.25) is 0 Å². The highest BCUT2D eigenvalue weighted by molar-refractivity contribution is 5.08. The van der Waals surface area contributed by atoms with Crippen molar-refractivity contribution >= 4 is 0 Å². The summed E-state index contributed by atoms with van der Waals surface area (Å²) < 4.78 is 0. The van der Waals surface area contributed by atoms with Crippen molar-refractivity contribution in [3.8, 4) is 0 Å². The van der Waals surface area contributed by atoms with Gasteiger partial charge < -0.3 is 5.73 Å². The van der Waals surface area contributed by atoms with Crippen molar-refractivity contribution in [1.82, 2.24) is 0 Å². The molecule has 0 rings (SSSR count). The number of hydrogen-bond donors (Lipinski definition) is 1. The van der Waals surface area contributed by atoms with Gasteiger partial charge in [-0.25, -0.2) is 0 Å². The van der Waals surface area contributed by atoms with E-state index in [1.165, 1.54) is 250 Å². The summed E-state index contributed by atoms with van der Waals surface area (Å²) in [6, 6.07) is 0.200. The van der Waals surface area contributed by atoms with Gasteiger partial charge in [0, 0.05) is 6.04 Å². The van der Waals surface area contributed by atoms with Crippen LogP contribution in [0, 0.1) is 5.92 Å². The zero-order valence-electron chi connectivity index (χ0n) is 33.5. The summed E-state index contributed by atoms with van der Waals surface area (Å²) in [5, 5.41) is 0. The minimum Gasteiger partial charge on any atom is -0.324 e. The molecule has 0 fully saturated rings. The summed E-state index contributed by atoms with van der Waals surface area (Å²) in [5.74, 6) is 0.659. The Balaban J connectivity index is 3.65. The molecule has 0 aliphatic rings. The first-order valence-electron chi connectivity index (χ1n) is 22.6. The van der Waals surface area contributed by atoms with Crippen molar-refractivity contribution in [2.45, 2.75) is 277 Å². The second-order valence-electron chi connectivity index (χ2n) is 15.9. The normalized spacial score (nSPS) is 12.4. The molecule has 0 heterocycles. The molecule has 0 saturated carbocycles. The Bertz CT molecular complexity index is 542. The fourth-order valence-corrected chi connectivity index (χ4v) is 7.66. The standard InChI is InChI=1S/C46H93N/c1-5-8-10-12-14-16-18-20-22-24-26-28-30-32-34-36-38-40-42-45(44(4)46(47)7-3)43-41-39-37-35-33-31-29-27-25-23-21-19-17-15-13-11-9-6-2/h45-46H,4-43,47H2,1-3H3. The molecule has 0 aromatic heterocycles. The first-order chi connectivity index (χ1) is 23.2. The molecule has 0 amide bonds. The highest BCUT2D eigenvalue weighted by atomic mass is 14.6. The molecule has 0 aromatic carbocycles. The lowest BCUT2D eigenvalue weighted by Crippen LogP contribution is -2.25. The van der Waals surface area contributed by atoms with Gasteiger partial charge in [0.25, 0.3) is 0 Å². The first kappa shape index (κ1) is 46.7. The van der Waals surface area contributed by atoms with Gasteiger partial charge in [0.15, 0.2) is 0 Å². The van der Waals surface area contributed by atoms with Crippen LogP contribution < -0.4 is 5.73 Å². The van der Waals surface area contributed by atoms with Crippen molar-refractivity contribution in [3.63, 3.8) is 0 Å². The highest BCUT2D eigenvalue weighted by Gasteiger charge is 2.17. The third kappa shape index (κ3) is 35.3. The van der Waals surface area contributed by atoms with Crippen molar-refractivity contribution in [3.05, 3.63) is 12.2 Å². The largest absolute Gasteiger partial charge is 0.324 e. The van der Waals surface area contributed by atoms with E-state index in [0.29, 0.717) is 5.92 Å². The average Bonchev–Trinajstić information content (AvgIpc) is 3.08. The molecule has 0 bridgehead atoms. The first-order valence-corrected chi connectivity index (χ1v) is 22.6. The minimum absolute atomic E-state index is 0.200. The third-order valence-electron chi connectivity index (χ3n) is 11.3. The molecule has 0 aliphatic carbocycles. The predicted octanol–water partition coefficient (Wildman–Crippen LogP) is 16.8. The number of hydrogen-bond acceptors (Lipinski definition) is 1. The molecule has 47 heavy (non-hydrogen) atoms. The molecule has 0 aromatic rings. The Morgan fingerprint density at radius 2 is 0.532 bits per heavy atom. The number of unbranched alkanes of at least 4 members (excludes halogenated alkanes) is 34. The Morgan fingerprint density at radius 1 is 0.340 bits per heavy atom. The SMILES string of the molecule is C=C(C(N)CC)C(CCCCCCCCCCCCCCCCCCCC)CCCCCCCCCCCCCCCCCCCC. The van der Waals surface area contributed by atoms with E-state index in [0.717, 1.165) is 6.42 Å². The Hall–Kier alpha value is -0.300. The van der Waals surface area contributed by atoms with E-state index in [9.17, 15) is 0 Å². The fraction of sp³-hybridized carbons (Fsp3) is 0.957. The van der Waals surface area contributed by atoms with Gasteiger partial charge >= 0.3 is 0 Å². The summed E-state index contributed by atoms with van der Waals surface area (Å²) in [6.07, 6.45) is 55.8. The molecule has 0 radical (unpaired) electrons. The summed E-state index contributed by atoms with van der Waals surface area (Å²) in [4.78, 5) is 0. The van der Waals surface area contributed by atoms with Crippen LogP contribution in [0.3, 0.4) is 0 Å². The number of rotatable bonds is 41. The number of nitrogens with two attached hydrogens (primary N) is 1. The van der Waals surface area contributed by atoms with Crippen LogP contribution in [-0.4, -0.2) is 6.04 Å². The van der Waals surface area contributed by atoms with Crippen molar-refractivity contribution < 1.29 is 0 Å². The molecule has 1 nitrogen and oxygen atoms in total. The summed E-state index contributed by atoms with van der Waals surface area (Å²) in [6.45, 7) is 11.3. The predicted molar refractivity (Wildman–Crippen MR) is 218 cm³/mol. The van der Waals surface area contributed by atoms with E-state index in [1.54, 1.807) is 0 Å². The van der Waals surface area contributed by atoms with Crippen molar-refractivity contribution in [2.24, 2.45) is 11.7 Å². The zero-order valence-corrected chi connectivity index (χ0v) is 33.5. The van der Waals surface area contributed by atoms with Crippen molar-refractivity contribution in [1.29, 1.82) is 0 Å². The van der Waals surface area contributed by atoms with Crippen LogP contribution >= 0.6 is 0 Å². The van der Waals surface area contributed by atoms with Gasteiger partial charge in [0.05, 0.1) is 0 Å². The molecule has 1 atom stereocenters.